The minimum Gasteiger partial charge on any atom is -0.380 e. The van der Waals surface area contributed by atoms with Gasteiger partial charge in [-0.2, -0.15) is 0 Å². The van der Waals surface area contributed by atoms with Crippen LogP contribution in [0.15, 0.2) is 29.3 Å². The van der Waals surface area contributed by atoms with E-state index in [9.17, 15) is 0 Å². The van der Waals surface area contributed by atoms with Gasteiger partial charge in [0, 0.05) is 18.5 Å². The zero-order valence-electron chi connectivity index (χ0n) is 15.3. The molecule has 0 aliphatic rings. The molecule has 2 rings (SSSR count). The number of aliphatic imine (C=N–C) groups is 1. The first kappa shape index (κ1) is 21.9. The third kappa shape index (κ3) is 6.91. The number of aromatic nitrogens is 1. The highest BCUT2D eigenvalue weighted by molar-refractivity contribution is 14.0. The van der Waals surface area contributed by atoms with Gasteiger partial charge in [0.2, 0.25) is 0 Å². The Morgan fingerprint density at radius 1 is 1.20 bits per heavy atom. The Balaban J connectivity index is 0.00000312. The molecule has 0 spiro atoms. The Labute approximate surface area is 171 Å². The van der Waals surface area contributed by atoms with Crippen LogP contribution in [0, 0.1) is 13.8 Å². The number of methoxy groups -OCH3 is 1. The maximum atomic E-state index is 5.26. The summed E-state index contributed by atoms with van der Waals surface area (Å²) in [6.45, 7) is 8.93. The molecule has 1 heterocycles. The number of thiazole rings is 1. The molecule has 0 aliphatic carbocycles. The van der Waals surface area contributed by atoms with E-state index in [4.69, 9.17) is 4.74 Å². The second-order valence-corrected chi connectivity index (χ2v) is 6.79. The fraction of sp³-hybridized carbons (Fsp3) is 0.444. The van der Waals surface area contributed by atoms with Gasteiger partial charge in [0.15, 0.2) is 5.96 Å². The van der Waals surface area contributed by atoms with E-state index in [0.29, 0.717) is 19.7 Å². The smallest absolute Gasteiger partial charge is 0.191 e. The van der Waals surface area contributed by atoms with Crippen molar-refractivity contribution in [2.75, 3.05) is 13.7 Å². The van der Waals surface area contributed by atoms with E-state index < -0.39 is 0 Å². The molecule has 0 amide bonds. The molecule has 25 heavy (non-hydrogen) atoms. The fourth-order valence-electron chi connectivity index (χ4n) is 2.29. The minimum absolute atomic E-state index is 0. The summed E-state index contributed by atoms with van der Waals surface area (Å²) in [5.41, 5.74) is 3.45. The Bertz CT molecular complexity index is 668. The van der Waals surface area contributed by atoms with Crippen LogP contribution in [0.1, 0.15) is 33.6 Å². The van der Waals surface area contributed by atoms with Gasteiger partial charge in [0.25, 0.3) is 0 Å². The number of benzene rings is 1. The molecule has 0 radical (unpaired) electrons. The quantitative estimate of drug-likeness (QED) is 0.365. The van der Waals surface area contributed by atoms with Crippen molar-refractivity contribution in [3.63, 3.8) is 0 Å². The van der Waals surface area contributed by atoms with E-state index in [0.717, 1.165) is 23.2 Å². The lowest BCUT2D eigenvalue weighted by Gasteiger charge is -2.11. The van der Waals surface area contributed by atoms with Crippen LogP contribution in [0.25, 0.3) is 0 Å². The molecule has 0 fully saturated rings. The van der Waals surface area contributed by atoms with Crippen LogP contribution >= 0.6 is 35.3 Å². The Morgan fingerprint density at radius 3 is 2.52 bits per heavy atom. The first-order valence-electron chi connectivity index (χ1n) is 8.14. The number of guanidine groups is 1. The molecule has 0 atom stereocenters. The van der Waals surface area contributed by atoms with Crippen LogP contribution in [0.5, 0.6) is 0 Å². The summed E-state index contributed by atoms with van der Waals surface area (Å²) in [5.74, 6) is 0.801. The summed E-state index contributed by atoms with van der Waals surface area (Å²) in [5, 5.41) is 7.71. The molecular formula is C18H27IN4OS. The van der Waals surface area contributed by atoms with E-state index >= 15 is 0 Å². The van der Waals surface area contributed by atoms with E-state index in [1.807, 2.05) is 19.1 Å². The number of hydrogen-bond donors (Lipinski definition) is 2. The number of ether oxygens (including phenoxy) is 1. The van der Waals surface area contributed by atoms with Crippen LogP contribution < -0.4 is 10.6 Å². The first-order chi connectivity index (χ1) is 11.6. The van der Waals surface area contributed by atoms with Gasteiger partial charge < -0.3 is 15.4 Å². The van der Waals surface area contributed by atoms with Gasteiger partial charge in [-0.05, 0) is 31.9 Å². The summed E-state index contributed by atoms with van der Waals surface area (Å²) in [6.07, 6.45) is 0. The molecule has 2 N–H and O–H groups in total. The first-order valence-corrected chi connectivity index (χ1v) is 8.96. The molecule has 0 bridgehead atoms. The van der Waals surface area contributed by atoms with Crippen molar-refractivity contribution in [1.29, 1.82) is 0 Å². The van der Waals surface area contributed by atoms with Gasteiger partial charge in [-0.1, -0.05) is 24.3 Å². The number of hydrogen-bond acceptors (Lipinski definition) is 4. The monoisotopic (exact) mass is 474 g/mol. The van der Waals surface area contributed by atoms with E-state index in [2.05, 4.69) is 46.6 Å². The lowest BCUT2D eigenvalue weighted by atomic mass is 10.1. The van der Waals surface area contributed by atoms with Crippen molar-refractivity contribution < 1.29 is 4.74 Å². The number of nitrogens with one attached hydrogen (secondary N) is 2. The second-order valence-electron chi connectivity index (χ2n) is 5.50. The molecule has 1 aromatic heterocycles. The molecule has 0 saturated carbocycles. The molecule has 138 valence electrons. The molecule has 1 aromatic carbocycles. The van der Waals surface area contributed by atoms with Gasteiger partial charge in [-0.15, -0.1) is 35.3 Å². The van der Waals surface area contributed by atoms with Crippen molar-refractivity contribution in [3.05, 3.63) is 51.0 Å². The summed E-state index contributed by atoms with van der Waals surface area (Å²) >= 11 is 1.73. The highest BCUT2D eigenvalue weighted by atomic mass is 127. The Hall–Kier alpha value is -1.19. The Kier molecular flexibility index (Phi) is 9.99. The lowest BCUT2D eigenvalue weighted by molar-refractivity contribution is 0.184. The summed E-state index contributed by atoms with van der Waals surface area (Å²) in [6, 6.07) is 8.23. The molecular weight excluding hydrogens is 447 g/mol. The zero-order valence-corrected chi connectivity index (χ0v) is 18.4. The molecule has 2 aromatic rings. The number of aryl methyl sites for hydroxylation is 2. The summed E-state index contributed by atoms with van der Waals surface area (Å²) < 4.78 is 5.26. The maximum Gasteiger partial charge on any atom is 0.191 e. The zero-order chi connectivity index (χ0) is 17.4. The topological polar surface area (TPSA) is 58.5 Å². The van der Waals surface area contributed by atoms with Crippen LogP contribution in [0.2, 0.25) is 0 Å². The van der Waals surface area contributed by atoms with Gasteiger partial charge in [0.1, 0.15) is 5.01 Å². The van der Waals surface area contributed by atoms with Crippen molar-refractivity contribution in [1.82, 2.24) is 15.6 Å². The number of halogens is 1. The standard InChI is InChI=1S/C18H26N4OS.HI/c1-5-19-18(21-11-17-22-13(2)14(3)24-17)20-10-15-8-6-7-9-16(15)12-23-4;/h6-9H,5,10-12H2,1-4H3,(H2,19,20,21);1H. The fourth-order valence-corrected chi connectivity index (χ4v) is 3.16. The molecule has 0 aliphatic heterocycles. The molecule has 0 saturated heterocycles. The second kappa shape index (κ2) is 11.4. The van der Waals surface area contributed by atoms with Crippen LogP contribution in [0.3, 0.4) is 0 Å². The third-order valence-electron chi connectivity index (χ3n) is 3.65. The number of rotatable bonds is 7. The maximum absolute atomic E-state index is 5.26. The predicted molar refractivity (Wildman–Crippen MR) is 116 cm³/mol. The highest BCUT2D eigenvalue weighted by Gasteiger charge is 2.06. The van der Waals surface area contributed by atoms with E-state index in [1.165, 1.54) is 16.0 Å². The predicted octanol–water partition coefficient (Wildman–Crippen LogP) is 3.78. The Morgan fingerprint density at radius 2 is 1.92 bits per heavy atom. The SMILES string of the molecule is CCNC(=NCc1ccccc1COC)NCc1nc(C)c(C)s1.I. The van der Waals surface area contributed by atoms with Gasteiger partial charge in [-0.25, -0.2) is 9.98 Å². The summed E-state index contributed by atoms with van der Waals surface area (Å²) in [4.78, 5) is 10.5. The van der Waals surface area contributed by atoms with Crippen molar-refractivity contribution in [3.8, 4) is 0 Å². The summed E-state index contributed by atoms with van der Waals surface area (Å²) in [7, 11) is 1.71. The van der Waals surface area contributed by atoms with Gasteiger partial charge in [-0.3, -0.25) is 0 Å². The molecule has 0 unspecified atom stereocenters. The highest BCUT2D eigenvalue weighted by Crippen LogP contribution is 2.16. The van der Waals surface area contributed by atoms with E-state index in [1.54, 1.807) is 18.4 Å². The average molecular weight is 474 g/mol. The van der Waals surface area contributed by atoms with Crippen LogP contribution in [0.4, 0.5) is 0 Å². The van der Waals surface area contributed by atoms with E-state index in [-0.39, 0.29) is 24.0 Å². The normalized spacial score (nSPS) is 11.1. The lowest BCUT2D eigenvalue weighted by Crippen LogP contribution is -2.36. The van der Waals surface area contributed by atoms with Crippen molar-refractivity contribution >= 4 is 41.3 Å². The number of nitrogens with zero attached hydrogens (tertiary/aromatic N) is 2. The molecule has 5 nitrogen and oxygen atoms in total. The minimum atomic E-state index is 0. The third-order valence-corrected chi connectivity index (χ3v) is 4.72. The van der Waals surface area contributed by atoms with Crippen molar-refractivity contribution in [2.24, 2.45) is 4.99 Å². The van der Waals surface area contributed by atoms with Gasteiger partial charge in [0.05, 0.1) is 25.4 Å². The molecule has 7 heteroatoms. The van der Waals surface area contributed by atoms with Crippen LogP contribution in [-0.4, -0.2) is 24.6 Å². The average Bonchev–Trinajstić information content (AvgIpc) is 2.90. The van der Waals surface area contributed by atoms with Crippen LogP contribution in [-0.2, 0) is 24.4 Å². The largest absolute Gasteiger partial charge is 0.380 e. The van der Waals surface area contributed by atoms with Gasteiger partial charge >= 0.3 is 0 Å². The van der Waals surface area contributed by atoms with Crippen molar-refractivity contribution in [2.45, 2.75) is 40.5 Å².